The molecule has 112 valence electrons. The van der Waals surface area contributed by atoms with Crippen LogP contribution < -0.4 is 5.32 Å². The Labute approximate surface area is 118 Å². The number of unbranched alkanes of at least 4 members (excludes halogenated alkanes) is 1. The van der Waals surface area contributed by atoms with Gasteiger partial charge < -0.3 is 15.1 Å². The molecule has 0 atom stereocenters. The van der Waals surface area contributed by atoms with E-state index in [-0.39, 0.29) is 5.91 Å². The van der Waals surface area contributed by atoms with Crippen molar-refractivity contribution in [1.82, 2.24) is 15.1 Å². The normalized spacial score (nSPS) is 17.9. The Morgan fingerprint density at radius 2 is 1.74 bits per heavy atom. The third kappa shape index (κ3) is 7.53. The van der Waals surface area contributed by atoms with E-state index in [2.05, 4.69) is 35.9 Å². The summed E-state index contributed by atoms with van der Waals surface area (Å²) in [5.41, 5.74) is 0. The largest absolute Gasteiger partial charge is 0.356 e. The first-order chi connectivity index (χ1) is 9.11. The monoisotopic (exact) mass is 269 g/mol. The number of carbonyl (C=O) groups excluding carboxylic acids is 1. The Kier molecular flexibility index (Phi) is 8.07. The molecule has 0 aromatic carbocycles. The van der Waals surface area contributed by atoms with Crippen molar-refractivity contribution < 1.29 is 4.79 Å². The van der Waals surface area contributed by atoms with E-state index in [0.717, 1.165) is 13.0 Å². The summed E-state index contributed by atoms with van der Waals surface area (Å²) in [6.45, 7) is 14.4. The Bertz CT molecular complexity index is 248. The highest BCUT2D eigenvalue weighted by molar-refractivity contribution is 5.75. The predicted octanol–water partition coefficient (Wildman–Crippen LogP) is 1.57. The lowest BCUT2D eigenvalue weighted by atomic mass is 10.1. The van der Waals surface area contributed by atoms with Gasteiger partial charge in [0.2, 0.25) is 5.91 Å². The SMILES string of the molecule is CCN1CCN(CCCCNC(=O)CC(C)C)CC1. The Hall–Kier alpha value is -0.610. The molecule has 1 aliphatic heterocycles. The molecule has 0 saturated carbocycles. The minimum Gasteiger partial charge on any atom is -0.356 e. The van der Waals surface area contributed by atoms with Crippen molar-refractivity contribution in [2.75, 3.05) is 45.8 Å². The zero-order valence-electron chi connectivity index (χ0n) is 13.0. The molecule has 1 aliphatic rings. The van der Waals surface area contributed by atoms with E-state index in [1.807, 2.05) is 0 Å². The average molecular weight is 269 g/mol. The van der Waals surface area contributed by atoms with Crippen LogP contribution in [-0.4, -0.2) is 61.5 Å². The lowest BCUT2D eigenvalue weighted by Crippen LogP contribution is -2.46. The molecule has 0 aromatic heterocycles. The fraction of sp³-hybridized carbons (Fsp3) is 0.933. The predicted molar refractivity (Wildman–Crippen MR) is 80.3 cm³/mol. The lowest BCUT2D eigenvalue weighted by molar-refractivity contribution is -0.121. The van der Waals surface area contributed by atoms with Crippen molar-refractivity contribution in [3.8, 4) is 0 Å². The van der Waals surface area contributed by atoms with E-state index in [4.69, 9.17) is 0 Å². The van der Waals surface area contributed by atoms with E-state index >= 15 is 0 Å². The van der Waals surface area contributed by atoms with Gasteiger partial charge in [0.1, 0.15) is 0 Å². The summed E-state index contributed by atoms with van der Waals surface area (Å²) in [4.78, 5) is 16.5. The molecule has 0 radical (unpaired) electrons. The molecule has 4 nitrogen and oxygen atoms in total. The topological polar surface area (TPSA) is 35.6 Å². The molecule has 0 unspecified atom stereocenters. The van der Waals surface area contributed by atoms with Crippen molar-refractivity contribution in [2.24, 2.45) is 5.92 Å². The highest BCUT2D eigenvalue weighted by Crippen LogP contribution is 2.03. The van der Waals surface area contributed by atoms with Crippen LogP contribution in [0.5, 0.6) is 0 Å². The lowest BCUT2D eigenvalue weighted by Gasteiger charge is -2.33. The van der Waals surface area contributed by atoms with Gasteiger partial charge in [0.15, 0.2) is 0 Å². The van der Waals surface area contributed by atoms with Crippen LogP contribution in [0.4, 0.5) is 0 Å². The highest BCUT2D eigenvalue weighted by atomic mass is 16.1. The quantitative estimate of drug-likeness (QED) is 0.679. The van der Waals surface area contributed by atoms with Gasteiger partial charge in [-0.05, 0) is 31.8 Å². The molecular formula is C15H31N3O. The number of hydrogen-bond acceptors (Lipinski definition) is 3. The molecule has 1 N–H and O–H groups in total. The van der Waals surface area contributed by atoms with Crippen molar-refractivity contribution in [3.05, 3.63) is 0 Å². The summed E-state index contributed by atoms with van der Waals surface area (Å²) in [7, 11) is 0. The maximum Gasteiger partial charge on any atom is 0.220 e. The molecule has 1 saturated heterocycles. The van der Waals surface area contributed by atoms with E-state index in [9.17, 15) is 4.79 Å². The van der Waals surface area contributed by atoms with Crippen LogP contribution in [0.25, 0.3) is 0 Å². The average Bonchev–Trinajstić information content (AvgIpc) is 2.38. The van der Waals surface area contributed by atoms with Crippen molar-refractivity contribution >= 4 is 5.91 Å². The molecule has 1 fully saturated rings. The van der Waals surface area contributed by atoms with Crippen LogP contribution in [0.2, 0.25) is 0 Å². The smallest absolute Gasteiger partial charge is 0.220 e. The van der Waals surface area contributed by atoms with Gasteiger partial charge >= 0.3 is 0 Å². The highest BCUT2D eigenvalue weighted by Gasteiger charge is 2.14. The van der Waals surface area contributed by atoms with Gasteiger partial charge in [0.05, 0.1) is 0 Å². The molecular weight excluding hydrogens is 238 g/mol. The molecule has 19 heavy (non-hydrogen) atoms. The zero-order chi connectivity index (χ0) is 14.1. The van der Waals surface area contributed by atoms with Gasteiger partial charge in [0.25, 0.3) is 0 Å². The summed E-state index contributed by atoms with van der Waals surface area (Å²) in [5, 5.41) is 3.00. The Morgan fingerprint density at radius 1 is 1.11 bits per heavy atom. The fourth-order valence-electron chi connectivity index (χ4n) is 2.46. The summed E-state index contributed by atoms with van der Waals surface area (Å²) in [6, 6.07) is 0. The van der Waals surface area contributed by atoms with Gasteiger partial charge in [-0.1, -0.05) is 20.8 Å². The van der Waals surface area contributed by atoms with Crippen LogP contribution in [0.1, 0.15) is 40.0 Å². The van der Waals surface area contributed by atoms with Crippen LogP contribution >= 0.6 is 0 Å². The van der Waals surface area contributed by atoms with Crippen LogP contribution in [0.3, 0.4) is 0 Å². The minimum absolute atomic E-state index is 0.201. The fourth-order valence-corrected chi connectivity index (χ4v) is 2.46. The first-order valence-electron chi connectivity index (χ1n) is 7.83. The molecule has 0 bridgehead atoms. The van der Waals surface area contributed by atoms with Crippen LogP contribution in [0, 0.1) is 5.92 Å². The summed E-state index contributed by atoms with van der Waals surface area (Å²) < 4.78 is 0. The third-order valence-electron chi connectivity index (χ3n) is 3.73. The molecule has 0 aromatic rings. The molecule has 1 amide bonds. The zero-order valence-corrected chi connectivity index (χ0v) is 13.0. The van der Waals surface area contributed by atoms with Crippen molar-refractivity contribution in [2.45, 2.75) is 40.0 Å². The van der Waals surface area contributed by atoms with Crippen molar-refractivity contribution in [3.63, 3.8) is 0 Å². The van der Waals surface area contributed by atoms with Gasteiger partial charge in [-0.2, -0.15) is 0 Å². The maximum atomic E-state index is 11.5. The van der Waals surface area contributed by atoms with Crippen molar-refractivity contribution in [1.29, 1.82) is 0 Å². The second kappa shape index (κ2) is 9.32. The Morgan fingerprint density at radius 3 is 2.32 bits per heavy atom. The maximum absolute atomic E-state index is 11.5. The third-order valence-corrected chi connectivity index (χ3v) is 3.73. The van der Waals surface area contributed by atoms with E-state index in [1.54, 1.807) is 0 Å². The number of nitrogens with one attached hydrogen (secondary N) is 1. The van der Waals surface area contributed by atoms with Gasteiger partial charge in [-0.15, -0.1) is 0 Å². The second-order valence-corrected chi connectivity index (χ2v) is 5.93. The molecule has 4 heteroatoms. The van der Waals surface area contributed by atoms with Gasteiger partial charge in [-0.25, -0.2) is 0 Å². The summed E-state index contributed by atoms with van der Waals surface area (Å²) in [6.07, 6.45) is 2.94. The first-order valence-corrected chi connectivity index (χ1v) is 7.83. The number of hydrogen-bond donors (Lipinski definition) is 1. The standard InChI is InChI=1S/C15H31N3O/c1-4-17-9-11-18(12-10-17)8-6-5-7-16-15(19)13-14(2)3/h14H,4-13H2,1-3H3,(H,16,19). The number of nitrogens with zero attached hydrogens (tertiary/aromatic N) is 2. The number of likely N-dealkylation sites (N-methyl/N-ethyl adjacent to an activating group) is 1. The molecule has 0 aliphatic carbocycles. The molecule has 1 rings (SSSR count). The summed E-state index contributed by atoms with van der Waals surface area (Å²) >= 11 is 0. The second-order valence-electron chi connectivity index (χ2n) is 5.93. The number of amides is 1. The van der Waals surface area contributed by atoms with E-state index in [1.165, 1.54) is 45.7 Å². The van der Waals surface area contributed by atoms with Gasteiger partial charge in [0, 0.05) is 39.1 Å². The number of carbonyl (C=O) groups is 1. The number of rotatable bonds is 8. The van der Waals surface area contributed by atoms with E-state index in [0.29, 0.717) is 12.3 Å². The molecule has 0 spiro atoms. The van der Waals surface area contributed by atoms with E-state index < -0.39 is 0 Å². The first kappa shape index (κ1) is 16.4. The number of piperazine rings is 1. The Balaban J connectivity index is 1.95. The van der Waals surface area contributed by atoms with Gasteiger partial charge in [-0.3, -0.25) is 4.79 Å². The summed E-state index contributed by atoms with van der Waals surface area (Å²) in [5.74, 6) is 0.654. The minimum atomic E-state index is 0.201. The molecule has 1 heterocycles. The van der Waals surface area contributed by atoms with Crippen LogP contribution in [0.15, 0.2) is 0 Å². The van der Waals surface area contributed by atoms with Crippen LogP contribution in [-0.2, 0) is 4.79 Å².